The standard InChI is InChI=1S/C19H21I2N2.2ClH/c1-19(2)14-6-4-5-7-15(14)23(3)18(19)17(21)16(20)12-8-10-13(22)11-9-12;;/h4-11,16-17H,22H2,1-3H3;2*1H/q+1;;/p-1. The van der Waals surface area contributed by atoms with Crippen molar-refractivity contribution in [2.45, 2.75) is 27.1 Å². The van der Waals surface area contributed by atoms with Crippen LogP contribution in [0.3, 0.4) is 0 Å². The predicted octanol–water partition coefficient (Wildman–Crippen LogP) is 2.68. The number of alkyl halides is 2. The number of halogens is 4. The van der Waals surface area contributed by atoms with Gasteiger partial charge < -0.3 is 18.1 Å². The fourth-order valence-corrected chi connectivity index (χ4v) is 5.87. The molecule has 2 unspecified atom stereocenters. The van der Waals surface area contributed by atoms with E-state index >= 15 is 0 Å². The number of hydrogen-bond acceptors (Lipinski definition) is 1. The van der Waals surface area contributed by atoms with Gasteiger partial charge in [-0.05, 0) is 31.5 Å². The minimum atomic E-state index is 0. The van der Waals surface area contributed by atoms with Crippen LogP contribution in [0.25, 0.3) is 0 Å². The molecule has 2 aromatic carbocycles. The summed E-state index contributed by atoms with van der Waals surface area (Å²) < 4.78 is 3.19. The van der Waals surface area contributed by atoms with Gasteiger partial charge in [0.15, 0.2) is 5.71 Å². The lowest BCUT2D eigenvalue weighted by molar-refractivity contribution is -0.403. The van der Waals surface area contributed by atoms with E-state index in [1.54, 1.807) is 0 Å². The average molecular weight is 603 g/mol. The molecule has 6 heteroatoms. The molecule has 0 spiro atoms. The molecule has 1 aliphatic heterocycles. The molecule has 1 aliphatic rings. The molecule has 2 atom stereocenters. The van der Waals surface area contributed by atoms with Crippen molar-refractivity contribution in [2.75, 3.05) is 12.8 Å². The number of nitrogens with two attached hydrogens (primary N) is 1. The molecule has 0 fully saturated rings. The lowest BCUT2D eigenvalue weighted by Crippen LogP contribution is -3.00. The van der Waals surface area contributed by atoms with Crippen LogP contribution in [-0.4, -0.2) is 21.3 Å². The molecule has 0 aromatic heterocycles. The van der Waals surface area contributed by atoms with E-state index in [4.69, 9.17) is 5.73 Å². The van der Waals surface area contributed by atoms with Crippen molar-refractivity contribution < 1.29 is 17.0 Å². The van der Waals surface area contributed by atoms with E-state index in [9.17, 15) is 0 Å². The summed E-state index contributed by atoms with van der Waals surface area (Å²) >= 11 is 5.17. The van der Waals surface area contributed by atoms with Crippen molar-refractivity contribution in [2.24, 2.45) is 0 Å². The van der Waals surface area contributed by atoms with Gasteiger partial charge in [-0.25, -0.2) is 4.58 Å². The molecule has 2 aromatic rings. The van der Waals surface area contributed by atoms with E-state index in [2.05, 4.69) is 107 Å². The molecule has 0 radical (unpaired) electrons. The normalized spacial score (nSPS) is 17.2. The summed E-state index contributed by atoms with van der Waals surface area (Å²) in [5, 5.41) is 0. The number of para-hydroxylation sites is 1. The quantitative estimate of drug-likeness (QED) is 0.249. The van der Waals surface area contributed by atoms with Gasteiger partial charge in [-0.15, -0.1) is 12.4 Å². The monoisotopic (exact) mass is 602 g/mol. The van der Waals surface area contributed by atoms with Gasteiger partial charge in [0.2, 0.25) is 5.69 Å². The highest BCUT2D eigenvalue weighted by molar-refractivity contribution is 14.1. The van der Waals surface area contributed by atoms with Gasteiger partial charge in [-0.3, -0.25) is 0 Å². The number of fused-ring (bicyclic) bond motifs is 1. The molecular formula is C19H22Cl2I2N2. The van der Waals surface area contributed by atoms with Gasteiger partial charge in [0.1, 0.15) is 11.0 Å². The highest BCUT2D eigenvalue weighted by atomic mass is 127. The summed E-state index contributed by atoms with van der Waals surface area (Å²) in [5.74, 6) is 0. The Balaban J connectivity index is 0.00000156. The van der Waals surface area contributed by atoms with Crippen molar-refractivity contribution in [3.8, 4) is 0 Å². The molecule has 0 saturated heterocycles. The molecule has 2 N–H and O–H groups in total. The van der Waals surface area contributed by atoms with Gasteiger partial charge in [0.25, 0.3) is 0 Å². The Labute approximate surface area is 189 Å². The van der Waals surface area contributed by atoms with Crippen molar-refractivity contribution in [3.63, 3.8) is 0 Å². The number of anilines is 1. The molecule has 25 heavy (non-hydrogen) atoms. The van der Waals surface area contributed by atoms with E-state index in [0.29, 0.717) is 7.85 Å². The summed E-state index contributed by atoms with van der Waals surface area (Å²) in [6, 6.07) is 17.0. The maximum absolute atomic E-state index is 5.83. The summed E-state index contributed by atoms with van der Waals surface area (Å²) in [7, 11) is 2.20. The first-order valence-corrected chi connectivity index (χ1v) is 10.2. The first kappa shape index (κ1) is 23.0. The predicted molar refractivity (Wildman–Crippen MR) is 123 cm³/mol. The highest BCUT2D eigenvalue weighted by Gasteiger charge is 2.48. The Kier molecular flexibility index (Phi) is 8.05. The molecule has 0 aliphatic carbocycles. The first-order chi connectivity index (χ1) is 10.8. The van der Waals surface area contributed by atoms with Crippen LogP contribution in [0.2, 0.25) is 0 Å². The molecule has 136 valence electrons. The molecule has 0 saturated carbocycles. The van der Waals surface area contributed by atoms with E-state index in [1.807, 2.05) is 12.1 Å². The van der Waals surface area contributed by atoms with Crippen molar-refractivity contribution in [1.82, 2.24) is 0 Å². The average Bonchev–Trinajstić information content (AvgIpc) is 2.74. The van der Waals surface area contributed by atoms with Crippen LogP contribution in [0.15, 0.2) is 48.5 Å². The van der Waals surface area contributed by atoms with Crippen molar-refractivity contribution in [3.05, 3.63) is 59.7 Å². The van der Waals surface area contributed by atoms with Gasteiger partial charge in [0.05, 0.1) is 9.34 Å². The number of rotatable bonds is 3. The van der Waals surface area contributed by atoms with Crippen LogP contribution in [0, 0.1) is 0 Å². The van der Waals surface area contributed by atoms with E-state index in [0.717, 1.165) is 5.69 Å². The van der Waals surface area contributed by atoms with Gasteiger partial charge in [0, 0.05) is 17.3 Å². The molecular weight excluding hydrogens is 581 g/mol. The molecule has 1 heterocycles. The molecule has 0 bridgehead atoms. The van der Waals surface area contributed by atoms with Crippen LogP contribution < -0.4 is 18.1 Å². The Hall–Kier alpha value is -0.0500. The lowest BCUT2D eigenvalue weighted by atomic mass is 9.79. The zero-order chi connectivity index (χ0) is 16.8. The third-order valence-corrected chi connectivity index (χ3v) is 8.84. The summed E-state index contributed by atoms with van der Waals surface area (Å²) in [5.41, 5.74) is 12.2. The lowest BCUT2D eigenvalue weighted by Gasteiger charge is -2.24. The first-order valence-electron chi connectivity index (χ1n) is 7.68. The second-order valence-corrected chi connectivity index (χ2v) is 9.24. The summed E-state index contributed by atoms with van der Waals surface area (Å²) in [4.78, 5) is 0. The second-order valence-electron chi connectivity index (χ2n) is 6.56. The van der Waals surface area contributed by atoms with E-state index < -0.39 is 0 Å². The fourth-order valence-electron chi connectivity index (χ4n) is 3.50. The van der Waals surface area contributed by atoms with Crippen LogP contribution >= 0.6 is 57.6 Å². The van der Waals surface area contributed by atoms with Crippen LogP contribution in [-0.2, 0) is 5.41 Å². The topological polar surface area (TPSA) is 29.0 Å². The van der Waals surface area contributed by atoms with Crippen LogP contribution in [0.1, 0.15) is 28.9 Å². The van der Waals surface area contributed by atoms with E-state index in [-0.39, 0.29) is 30.2 Å². The third kappa shape index (κ3) is 4.12. The maximum atomic E-state index is 5.83. The second kappa shape index (κ2) is 8.76. The van der Waals surface area contributed by atoms with Crippen LogP contribution in [0.5, 0.6) is 0 Å². The Bertz CT molecular complexity index is 773. The third-order valence-electron chi connectivity index (χ3n) is 4.71. The minimum Gasteiger partial charge on any atom is -1.00 e. The maximum Gasteiger partial charge on any atom is 0.209 e. The van der Waals surface area contributed by atoms with E-state index in [1.165, 1.54) is 22.5 Å². The smallest absolute Gasteiger partial charge is 0.209 e. The van der Waals surface area contributed by atoms with Gasteiger partial charge >= 0.3 is 0 Å². The Morgan fingerprint density at radius 2 is 1.52 bits per heavy atom. The fraction of sp³-hybridized carbons (Fsp3) is 0.316. The molecule has 3 rings (SSSR count). The zero-order valence-corrected chi connectivity index (χ0v) is 20.2. The highest BCUT2D eigenvalue weighted by Crippen LogP contribution is 2.45. The summed E-state index contributed by atoms with van der Waals surface area (Å²) in [6.45, 7) is 4.67. The molecule has 0 amide bonds. The van der Waals surface area contributed by atoms with Gasteiger partial charge in [-0.1, -0.05) is 75.5 Å². The number of benzene rings is 2. The van der Waals surface area contributed by atoms with Crippen LogP contribution in [0.4, 0.5) is 11.4 Å². The Morgan fingerprint density at radius 1 is 0.960 bits per heavy atom. The van der Waals surface area contributed by atoms with Crippen molar-refractivity contribution in [1.29, 1.82) is 0 Å². The Morgan fingerprint density at radius 3 is 2.08 bits per heavy atom. The van der Waals surface area contributed by atoms with Crippen molar-refractivity contribution >= 4 is 74.7 Å². The summed E-state index contributed by atoms with van der Waals surface area (Å²) in [6.07, 6.45) is 0. The minimum absolute atomic E-state index is 0. The number of nitrogens with zero attached hydrogens (tertiary/aromatic N) is 1. The zero-order valence-electron chi connectivity index (χ0n) is 14.3. The SMILES string of the molecule is C[N+]1=C(C(I)C(I)c2ccc(N)cc2)C(C)(C)c2ccccc21.Cl.[Cl-]. The largest absolute Gasteiger partial charge is 1.00 e. The molecule has 2 nitrogen and oxygen atoms in total. The van der Waals surface area contributed by atoms with Gasteiger partial charge in [-0.2, -0.15) is 0 Å². The number of nitrogen functional groups attached to an aromatic ring is 1. The number of hydrogen-bond donors (Lipinski definition) is 1.